The first-order valence-electron chi connectivity index (χ1n) is 3.89. The smallest absolute Gasteiger partial charge is 0.163 e. The summed E-state index contributed by atoms with van der Waals surface area (Å²) in [6.07, 6.45) is 2.72. The fraction of sp³-hybridized carbons (Fsp3) is 0.875. The van der Waals surface area contributed by atoms with Crippen LogP contribution in [-0.2, 0) is 14.3 Å². The quantitative estimate of drug-likeness (QED) is 0.624. The Labute approximate surface area is 76.8 Å². The molecule has 1 saturated heterocycles. The Hall–Kier alpha value is -0.0600. The third-order valence-electron chi connectivity index (χ3n) is 1.80. The topological polar surface area (TPSA) is 35.5 Å². The van der Waals surface area contributed by atoms with E-state index in [1.807, 2.05) is 20.1 Å². The molecule has 1 rings (SSSR count). The molecule has 2 unspecified atom stereocenters. The number of ether oxygens (including phenoxy) is 2. The van der Waals surface area contributed by atoms with Crippen molar-refractivity contribution < 1.29 is 14.3 Å². The number of hydrogen-bond acceptors (Lipinski definition) is 4. The maximum absolute atomic E-state index is 10.6. The largest absolute Gasteiger partial charge is 0.348 e. The lowest BCUT2D eigenvalue weighted by molar-refractivity contribution is -0.139. The summed E-state index contributed by atoms with van der Waals surface area (Å²) < 4.78 is 10.9. The van der Waals surface area contributed by atoms with Crippen LogP contribution in [0, 0.1) is 0 Å². The van der Waals surface area contributed by atoms with Gasteiger partial charge in [0, 0.05) is 0 Å². The van der Waals surface area contributed by atoms with E-state index in [4.69, 9.17) is 9.47 Å². The molecule has 70 valence electrons. The highest BCUT2D eigenvalue weighted by molar-refractivity contribution is 7.99. The molecule has 0 bridgehead atoms. The van der Waals surface area contributed by atoms with Gasteiger partial charge in [-0.15, -0.1) is 0 Å². The van der Waals surface area contributed by atoms with E-state index in [0.29, 0.717) is 6.61 Å². The SMILES string of the molecule is CSC(C=O)C1COC(C)(C)O1. The predicted octanol–water partition coefficient (Wildman–Crippen LogP) is 1.07. The van der Waals surface area contributed by atoms with Crippen LogP contribution in [-0.4, -0.2) is 36.3 Å². The van der Waals surface area contributed by atoms with Gasteiger partial charge in [0.1, 0.15) is 12.4 Å². The summed E-state index contributed by atoms with van der Waals surface area (Å²) in [5.41, 5.74) is 0. The second kappa shape index (κ2) is 3.77. The van der Waals surface area contributed by atoms with E-state index in [1.54, 1.807) is 0 Å². The Morgan fingerprint density at radius 2 is 2.33 bits per heavy atom. The van der Waals surface area contributed by atoms with Crippen molar-refractivity contribution in [3.8, 4) is 0 Å². The molecule has 0 aromatic heterocycles. The molecule has 0 radical (unpaired) electrons. The summed E-state index contributed by atoms with van der Waals surface area (Å²) >= 11 is 1.49. The first-order chi connectivity index (χ1) is 5.59. The average Bonchev–Trinajstić information content (AvgIpc) is 2.34. The molecule has 0 aromatic rings. The van der Waals surface area contributed by atoms with Gasteiger partial charge >= 0.3 is 0 Å². The van der Waals surface area contributed by atoms with Gasteiger partial charge in [0.05, 0.1) is 11.9 Å². The number of carbonyl (C=O) groups excluding carboxylic acids is 1. The lowest BCUT2D eigenvalue weighted by Crippen LogP contribution is -2.29. The number of hydrogen-bond donors (Lipinski definition) is 0. The lowest BCUT2D eigenvalue weighted by atomic mass is 10.3. The average molecular weight is 190 g/mol. The Bertz CT molecular complexity index is 170. The molecule has 0 saturated carbocycles. The van der Waals surface area contributed by atoms with Crippen LogP contribution < -0.4 is 0 Å². The molecule has 1 heterocycles. The van der Waals surface area contributed by atoms with E-state index < -0.39 is 5.79 Å². The number of carbonyl (C=O) groups is 1. The summed E-state index contributed by atoms with van der Waals surface area (Å²) in [4.78, 5) is 10.6. The standard InChI is InChI=1S/C8H14O3S/c1-8(2)10-5-6(11-8)7(4-9)12-3/h4,6-7H,5H2,1-3H3. The maximum atomic E-state index is 10.6. The van der Waals surface area contributed by atoms with Crippen molar-refractivity contribution in [2.45, 2.75) is 31.0 Å². The maximum Gasteiger partial charge on any atom is 0.163 e. The summed E-state index contributed by atoms with van der Waals surface area (Å²) in [6.45, 7) is 4.22. The van der Waals surface area contributed by atoms with Gasteiger partial charge in [0.2, 0.25) is 0 Å². The second-order valence-electron chi connectivity index (χ2n) is 3.20. The van der Waals surface area contributed by atoms with Crippen LogP contribution in [0.15, 0.2) is 0 Å². The van der Waals surface area contributed by atoms with Gasteiger partial charge in [-0.05, 0) is 20.1 Å². The Balaban J connectivity index is 2.50. The molecule has 4 heteroatoms. The summed E-state index contributed by atoms with van der Waals surface area (Å²) in [7, 11) is 0. The van der Waals surface area contributed by atoms with Gasteiger partial charge in [0.15, 0.2) is 5.79 Å². The molecule has 0 aliphatic carbocycles. The van der Waals surface area contributed by atoms with Gasteiger partial charge in [0.25, 0.3) is 0 Å². The minimum atomic E-state index is -0.526. The molecule has 3 nitrogen and oxygen atoms in total. The zero-order chi connectivity index (χ0) is 9.19. The molecule has 0 aromatic carbocycles. The van der Waals surface area contributed by atoms with Crippen LogP contribution in [0.3, 0.4) is 0 Å². The minimum Gasteiger partial charge on any atom is -0.348 e. The van der Waals surface area contributed by atoms with Gasteiger partial charge in [-0.1, -0.05) is 0 Å². The van der Waals surface area contributed by atoms with Crippen molar-refractivity contribution >= 4 is 18.0 Å². The molecule has 0 spiro atoms. The van der Waals surface area contributed by atoms with Crippen molar-refractivity contribution in [2.75, 3.05) is 12.9 Å². The second-order valence-corrected chi connectivity index (χ2v) is 4.22. The van der Waals surface area contributed by atoms with Gasteiger partial charge in [-0.3, -0.25) is 0 Å². The number of aldehydes is 1. The van der Waals surface area contributed by atoms with Crippen LogP contribution in [0.4, 0.5) is 0 Å². The van der Waals surface area contributed by atoms with Crippen molar-refractivity contribution in [1.82, 2.24) is 0 Å². The lowest BCUT2D eigenvalue weighted by Gasteiger charge is -2.19. The minimum absolute atomic E-state index is 0.0903. The van der Waals surface area contributed by atoms with Gasteiger partial charge < -0.3 is 14.3 Å². The summed E-state index contributed by atoms with van der Waals surface area (Å²) in [5.74, 6) is -0.526. The fourth-order valence-corrected chi connectivity index (χ4v) is 1.72. The van der Waals surface area contributed by atoms with Crippen LogP contribution in [0.2, 0.25) is 0 Å². The van der Waals surface area contributed by atoms with E-state index in [0.717, 1.165) is 6.29 Å². The Morgan fingerprint density at radius 1 is 1.67 bits per heavy atom. The first-order valence-corrected chi connectivity index (χ1v) is 5.18. The molecule has 0 N–H and O–H groups in total. The Kier molecular flexibility index (Phi) is 3.15. The zero-order valence-corrected chi connectivity index (χ0v) is 8.39. The van der Waals surface area contributed by atoms with Gasteiger partial charge in [-0.25, -0.2) is 0 Å². The van der Waals surface area contributed by atoms with Crippen LogP contribution in [0.25, 0.3) is 0 Å². The van der Waals surface area contributed by atoms with E-state index in [1.165, 1.54) is 11.8 Å². The van der Waals surface area contributed by atoms with Crippen molar-refractivity contribution in [3.05, 3.63) is 0 Å². The van der Waals surface area contributed by atoms with Crippen LogP contribution >= 0.6 is 11.8 Å². The molecule has 0 amide bonds. The number of rotatable bonds is 3. The van der Waals surface area contributed by atoms with E-state index in [2.05, 4.69) is 0 Å². The third kappa shape index (κ3) is 2.21. The number of thioether (sulfide) groups is 1. The summed E-state index contributed by atoms with van der Waals surface area (Å²) in [5, 5.41) is -0.105. The first kappa shape index (κ1) is 10.0. The normalized spacial score (nSPS) is 30.1. The van der Waals surface area contributed by atoms with Crippen molar-refractivity contribution in [1.29, 1.82) is 0 Å². The highest BCUT2D eigenvalue weighted by Crippen LogP contribution is 2.27. The molecule has 1 fully saturated rings. The van der Waals surface area contributed by atoms with Crippen LogP contribution in [0.1, 0.15) is 13.8 Å². The van der Waals surface area contributed by atoms with E-state index in [9.17, 15) is 4.79 Å². The predicted molar refractivity (Wildman–Crippen MR) is 48.3 cm³/mol. The van der Waals surface area contributed by atoms with Crippen LogP contribution in [0.5, 0.6) is 0 Å². The van der Waals surface area contributed by atoms with Crippen molar-refractivity contribution in [3.63, 3.8) is 0 Å². The molecule has 2 atom stereocenters. The molecule has 12 heavy (non-hydrogen) atoms. The molecular weight excluding hydrogens is 176 g/mol. The zero-order valence-electron chi connectivity index (χ0n) is 7.57. The molecule has 1 aliphatic rings. The fourth-order valence-electron chi connectivity index (χ4n) is 1.17. The van der Waals surface area contributed by atoms with Crippen molar-refractivity contribution in [2.24, 2.45) is 0 Å². The van der Waals surface area contributed by atoms with Gasteiger partial charge in [-0.2, -0.15) is 11.8 Å². The molecule has 1 aliphatic heterocycles. The Morgan fingerprint density at radius 3 is 2.67 bits per heavy atom. The summed E-state index contributed by atoms with van der Waals surface area (Å²) in [6, 6.07) is 0. The highest BCUT2D eigenvalue weighted by Gasteiger charge is 2.36. The third-order valence-corrected chi connectivity index (χ3v) is 2.76. The monoisotopic (exact) mass is 190 g/mol. The van der Waals surface area contributed by atoms with E-state index >= 15 is 0 Å². The van der Waals surface area contributed by atoms with E-state index in [-0.39, 0.29) is 11.4 Å². The highest BCUT2D eigenvalue weighted by atomic mass is 32.2. The molecular formula is C8H14O3S.